The molecule has 0 aromatic carbocycles. The normalized spacial score (nSPS) is 0. The average Bonchev–Trinajstić information content (AvgIpc) is 0. The Morgan fingerprint density at radius 2 is 1.00 bits per heavy atom. The zero-order valence-electron chi connectivity index (χ0n) is 1.73. The Labute approximate surface area is 92.7 Å². The zero-order chi connectivity index (χ0) is 0. The second kappa shape index (κ2) is 16.4. The fraction of sp³-hybridized carbons (Fsp3) is 0. The second-order valence-electron chi connectivity index (χ2n) is 0. The van der Waals surface area contributed by atoms with E-state index in [2.05, 4.69) is 0 Å². The summed E-state index contributed by atoms with van der Waals surface area (Å²) >= 11 is 0. The summed E-state index contributed by atoms with van der Waals surface area (Å²) in [7, 11) is 0. The molecule has 0 fully saturated rings. The van der Waals surface area contributed by atoms with E-state index in [-0.39, 0.29) is 94.6 Å². The van der Waals surface area contributed by atoms with Crippen LogP contribution in [-0.4, -0.2) is 75.1 Å². The summed E-state index contributed by atoms with van der Waals surface area (Å²) in [6.07, 6.45) is 0. The maximum atomic E-state index is 0. The van der Waals surface area contributed by atoms with E-state index in [4.69, 9.17) is 0 Å². The minimum Gasteiger partial charge on any atom is 0 e. The maximum absolute atomic E-state index is 0. The Hall–Kier alpha value is 3.14. The number of hydrogen-bond acceptors (Lipinski definition) is 0. The van der Waals surface area contributed by atoms with Gasteiger partial charge in [-0.1, -0.05) is 0 Å². The zero-order valence-corrected chi connectivity index (χ0v) is 11.5. The van der Waals surface area contributed by atoms with E-state index in [0.29, 0.717) is 0 Å². The molecule has 0 nitrogen and oxygen atoms in total. The van der Waals surface area contributed by atoms with Crippen molar-refractivity contribution in [2.24, 2.45) is 0 Å². The van der Waals surface area contributed by atoms with Crippen LogP contribution in [0.2, 0.25) is 0 Å². The molecule has 0 saturated heterocycles. The Morgan fingerprint density at radius 3 is 1.00 bits per heavy atom. The Bertz CT molecular complexity index is 8.00. The Morgan fingerprint density at radius 1 is 1.00 bits per heavy atom. The van der Waals surface area contributed by atoms with Crippen LogP contribution >= 0.6 is 0 Å². The van der Waals surface area contributed by atoms with Crippen molar-refractivity contribution in [3.05, 3.63) is 0 Å². The predicted octanol–water partition coefficient (Wildman–Crippen LogP) is -1.68. The Balaban J connectivity index is 0. The third-order valence-corrected chi connectivity index (χ3v) is 0. The van der Waals surface area contributed by atoms with Crippen molar-refractivity contribution in [3.8, 4) is 0 Å². The van der Waals surface area contributed by atoms with Gasteiger partial charge in [0, 0.05) is 71.5 Å². The summed E-state index contributed by atoms with van der Waals surface area (Å²) in [5.41, 5.74) is 0. The van der Waals surface area contributed by atoms with Gasteiger partial charge in [0.1, 0.15) is 0 Å². The molecule has 0 aliphatic carbocycles. The molecule has 4 heavy (non-hydrogen) atoms. The minimum absolute atomic E-state index is 0. The van der Waals surface area contributed by atoms with Gasteiger partial charge in [-0.3, -0.25) is 0 Å². The van der Waals surface area contributed by atoms with Crippen LogP contribution in [0.4, 0.5) is 0 Å². The quantitative estimate of drug-likeness (QED) is 0.415. The molecule has 0 aliphatic heterocycles. The van der Waals surface area contributed by atoms with Crippen molar-refractivity contribution < 1.29 is 19.5 Å². The smallest absolute Gasteiger partial charge is 0 e. The van der Waals surface area contributed by atoms with Crippen LogP contribution < -0.4 is 0 Å². The van der Waals surface area contributed by atoms with Gasteiger partial charge in [0.15, 0.2) is 0 Å². The van der Waals surface area contributed by atoms with Crippen LogP contribution in [-0.2, 0) is 19.5 Å². The fourth-order valence-corrected chi connectivity index (χ4v) is 0. The van der Waals surface area contributed by atoms with Gasteiger partial charge in [0.2, 0.25) is 0 Å². The van der Waals surface area contributed by atoms with Crippen molar-refractivity contribution in [2.75, 3.05) is 0 Å². The first-order valence-corrected chi connectivity index (χ1v) is 0. The summed E-state index contributed by atoms with van der Waals surface area (Å²) in [5.74, 6) is 0. The first-order chi connectivity index (χ1) is 0. The monoisotopic (exact) mass is 414 g/mol. The topological polar surface area (TPSA) is 0 Å². The van der Waals surface area contributed by atoms with Crippen molar-refractivity contribution in [3.63, 3.8) is 0 Å². The van der Waals surface area contributed by atoms with Crippen molar-refractivity contribution in [1.82, 2.24) is 0 Å². The summed E-state index contributed by atoms with van der Waals surface area (Å²) in [6.45, 7) is 0. The number of rotatable bonds is 0. The van der Waals surface area contributed by atoms with Gasteiger partial charge in [-0.2, -0.15) is 0 Å². The molecule has 0 N–H and O–H groups in total. The van der Waals surface area contributed by atoms with Crippen LogP contribution in [0.5, 0.6) is 0 Å². The van der Waals surface area contributed by atoms with Gasteiger partial charge in [-0.05, 0) is 0 Å². The van der Waals surface area contributed by atoms with Crippen LogP contribution in [0.15, 0.2) is 0 Å². The van der Waals surface area contributed by atoms with Crippen LogP contribution in [0.1, 0.15) is 0 Å². The summed E-state index contributed by atoms with van der Waals surface area (Å²) in [6, 6.07) is 0. The van der Waals surface area contributed by atoms with Gasteiger partial charge in [-0.25, -0.2) is 0 Å². The van der Waals surface area contributed by atoms with E-state index in [1.165, 1.54) is 0 Å². The summed E-state index contributed by atoms with van der Waals surface area (Å²) in [5, 5.41) is 0. The molecule has 0 aliphatic rings. The molecule has 0 rings (SSSR count). The first-order valence-electron chi connectivity index (χ1n) is 0. The van der Waals surface area contributed by atoms with E-state index in [9.17, 15) is 0 Å². The van der Waals surface area contributed by atoms with Gasteiger partial charge in [-0.15, -0.1) is 0 Å². The van der Waals surface area contributed by atoms with Gasteiger partial charge in [0.25, 0.3) is 0 Å². The van der Waals surface area contributed by atoms with Crippen molar-refractivity contribution >= 4 is 75.1 Å². The van der Waals surface area contributed by atoms with Crippen molar-refractivity contribution in [1.29, 1.82) is 0 Å². The molecule has 0 amide bonds. The van der Waals surface area contributed by atoms with E-state index in [1.54, 1.807) is 0 Å². The molecule has 0 unspecified atom stereocenters. The van der Waals surface area contributed by atoms with Gasteiger partial charge < -0.3 is 0 Å². The molecule has 0 atom stereocenters. The third-order valence-electron chi connectivity index (χ3n) is 0. The van der Waals surface area contributed by atoms with Crippen LogP contribution in [0.25, 0.3) is 0 Å². The molecule has 6 radical (unpaired) electrons. The molecule has 4 heteroatoms. The maximum Gasteiger partial charge on any atom is 0.316 e. The first kappa shape index (κ1) is 27.3. The molecule has 0 aromatic heterocycles. The van der Waals surface area contributed by atoms with Crippen LogP contribution in [0, 0.1) is 0 Å². The van der Waals surface area contributed by atoms with E-state index < -0.39 is 0 Å². The number of hydrogen-bond donors (Lipinski definition) is 0. The second-order valence-corrected chi connectivity index (χ2v) is 0. The fourth-order valence-electron chi connectivity index (χ4n) is 0. The summed E-state index contributed by atoms with van der Waals surface area (Å²) in [4.78, 5) is 0. The molecule has 0 aromatic rings. The molecule has 0 heterocycles. The van der Waals surface area contributed by atoms with Gasteiger partial charge >= 0.3 is 23.1 Å². The predicted molar refractivity (Wildman–Crippen MR) is 20.1 cm³/mol. The van der Waals surface area contributed by atoms with E-state index in [1.807, 2.05) is 0 Å². The minimum atomic E-state index is 0. The molecule has 14 valence electrons. The molecule has 0 spiro atoms. The average molecular weight is 416 g/mol. The van der Waals surface area contributed by atoms with Crippen LogP contribution in [0.3, 0.4) is 0 Å². The standard InChI is InChI=1S/Bi.In.Mg.Zn.2H. The van der Waals surface area contributed by atoms with E-state index >= 15 is 0 Å². The molecular formula is H2BiInMgZn. The van der Waals surface area contributed by atoms with Gasteiger partial charge in [0.05, 0.1) is 0 Å². The molecule has 0 saturated carbocycles. The largest absolute Gasteiger partial charge is 0.316 e. The van der Waals surface area contributed by atoms with Crippen molar-refractivity contribution in [2.45, 2.75) is 0 Å². The SMILES string of the molecule is [Bi].[In].[MgH2].[Zn]. The molecule has 0 bridgehead atoms. The Kier molecular flexibility index (Phi) is 112. The third kappa shape index (κ3) is 8.94. The van der Waals surface area contributed by atoms with E-state index in [0.717, 1.165) is 0 Å². The summed E-state index contributed by atoms with van der Waals surface area (Å²) < 4.78 is 0. The molecular weight excluding hydrogens is 413 g/mol.